The Bertz CT molecular complexity index is 483. The Labute approximate surface area is 106 Å². The highest BCUT2D eigenvalue weighted by Gasteiger charge is 2.01. The molecule has 0 atom stereocenters. The van der Waals surface area contributed by atoms with Crippen molar-refractivity contribution in [2.45, 2.75) is 26.9 Å². The predicted octanol–water partition coefficient (Wildman–Crippen LogP) is 3.24. The number of hydrogen-bond donors (Lipinski definition) is 2. The Morgan fingerprint density at radius 3 is 2.65 bits per heavy atom. The number of rotatable bonds is 4. The van der Waals surface area contributed by atoms with Crippen LogP contribution < -0.4 is 11.1 Å². The van der Waals surface area contributed by atoms with Crippen molar-refractivity contribution in [2.75, 3.05) is 5.73 Å². The molecule has 0 fully saturated rings. The van der Waals surface area contributed by atoms with Crippen LogP contribution in [0, 0.1) is 13.8 Å². The van der Waals surface area contributed by atoms with E-state index < -0.39 is 0 Å². The van der Waals surface area contributed by atoms with Crippen molar-refractivity contribution < 1.29 is 0 Å². The van der Waals surface area contributed by atoms with Gasteiger partial charge >= 0.3 is 0 Å². The van der Waals surface area contributed by atoms with Gasteiger partial charge in [-0.25, -0.2) is 0 Å². The molecule has 2 aromatic rings. The standard InChI is InChI=1S/C14H18N2S/c1-10-6-14(17-11(10)2)9-16-8-12-4-3-5-13(15)7-12/h3-7,16H,8-9,15H2,1-2H3. The van der Waals surface area contributed by atoms with Crippen molar-refractivity contribution >= 4 is 17.0 Å². The van der Waals surface area contributed by atoms with Gasteiger partial charge in [-0.05, 0) is 43.2 Å². The number of nitrogen functional groups attached to an aromatic ring is 1. The van der Waals surface area contributed by atoms with E-state index in [-0.39, 0.29) is 0 Å². The third-order valence-corrected chi connectivity index (χ3v) is 3.95. The molecule has 2 rings (SSSR count). The van der Waals surface area contributed by atoms with E-state index in [1.807, 2.05) is 29.5 Å². The molecular formula is C14H18N2S. The summed E-state index contributed by atoms with van der Waals surface area (Å²) in [5.41, 5.74) is 9.18. The summed E-state index contributed by atoms with van der Waals surface area (Å²) in [6, 6.07) is 10.3. The average molecular weight is 246 g/mol. The molecule has 0 bridgehead atoms. The summed E-state index contributed by atoms with van der Waals surface area (Å²) in [5, 5.41) is 3.44. The van der Waals surface area contributed by atoms with Gasteiger partial charge in [0.2, 0.25) is 0 Å². The molecule has 3 heteroatoms. The largest absolute Gasteiger partial charge is 0.399 e. The van der Waals surface area contributed by atoms with Crippen LogP contribution in [-0.4, -0.2) is 0 Å². The van der Waals surface area contributed by atoms with Crippen molar-refractivity contribution in [3.05, 3.63) is 51.2 Å². The summed E-state index contributed by atoms with van der Waals surface area (Å²) in [6.07, 6.45) is 0. The van der Waals surface area contributed by atoms with E-state index >= 15 is 0 Å². The molecule has 0 saturated heterocycles. The molecule has 0 unspecified atom stereocenters. The van der Waals surface area contributed by atoms with E-state index in [9.17, 15) is 0 Å². The molecule has 1 aromatic carbocycles. The van der Waals surface area contributed by atoms with Gasteiger partial charge in [0.25, 0.3) is 0 Å². The van der Waals surface area contributed by atoms with E-state index in [1.165, 1.54) is 20.9 Å². The van der Waals surface area contributed by atoms with E-state index in [2.05, 4.69) is 31.3 Å². The summed E-state index contributed by atoms with van der Waals surface area (Å²) < 4.78 is 0. The molecule has 0 aliphatic carbocycles. The molecule has 2 nitrogen and oxygen atoms in total. The maximum absolute atomic E-state index is 5.74. The third-order valence-electron chi connectivity index (χ3n) is 2.80. The molecule has 0 radical (unpaired) electrons. The zero-order chi connectivity index (χ0) is 12.3. The van der Waals surface area contributed by atoms with Crippen molar-refractivity contribution in [3.8, 4) is 0 Å². The maximum atomic E-state index is 5.74. The molecule has 1 heterocycles. The van der Waals surface area contributed by atoms with Crippen LogP contribution in [0.1, 0.15) is 20.9 Å². The van der Waals surface area contributed by atoms with Crippen LogP contribution in [0.3, 0.4) is 0 Å². The van der Waals surface area contributed by atoms with Gasteiger partial charge in [0, 0.05) is 28.5 Å². The minimum Gasteiger partial charge on any atom is -0.399 e. The monoisotopic (exact) mass is 246 g/mol. The number of nitrogens with two attached hydrogens (primary N) is 1. The highest BCUT2D eigenvalue weighted by molar-refractivity contribution is 7.12. The molecule has 3 N–H and O–H groups in total. The SMILES string of the molecule is Cc1cc(CNCc2cccc(N)c2)sc1C. The van der Waals surface area contributed by atoms with E-state index in [0.717, 1.165) is 18.8 Å². The van der Waals surface area contributed by atoms with Crippen LogP contribution >= 0.6 is 11.3 Å². The molecule has 0 saturated carbocycles. The fraction of sp³-hybridized carbons (Fsp3) is 0.286. The summed E-state index contributed by atoms with van der Waals surface area (Å²) in [6.45, 7) is 6.11. The maximum Gasteiger partial charge on any atom is 0.0317 e. The van der Waals surface area contributed by atoms with Crippen molar-refractivity contribution in [1.29, 1.82) is 0 Å². The second-order valence-electron chi connectivity index (χ2n) is 4.30. The Morgan fingerprint density at radius 1 is 1.18 bits per heavy atom. The van der Waals surface area contributed by atoms with Crippen LogP contribution in [0.4, 0.5) is 5.69 Å². The number of benzene rings is 1. The number of anilines is 1. The molecule has 17 heavy (non-hydrogen) atoms. The topological polar surface area (TPSA) is 38.0 Å². The summed E-state index contributed by atoms with van der Waals surface area (Å²) in [4.78, 5) is 2.80. The fourth-order valence-corrected chi connectivity index (χ4v) is 2.79. The minimum atomic E-state index is 0.826. The smallest absolute Gasteiger partial charge is 0.0317 e. The lowest BCUT2D eigenvalue weighted by molar-refractivity contribution is 0.701. The van der Waals surface area contributed by atoms with Crippen LogP contribution in [0.25, 0.3) is 0 Å². The average Bonchev–Trinajstić information content (AvgIpc) is 2.58. The lowest BCUT2D eigenvalue weighted by Gasteiger charge is -2.04. The molecule has 0 aliphatic heterocycles. The number of aryl methyl sites for hydroxylation is 2. The number of nitrogens with one attached hydrogen (secondary N) is 1. The summed E-state index contributed by atoms with van der Waals surface area (Å²) >= 11 is 1.87. The van der Waals surface area contributed by atoms with Crippen molar-refractivity contribution in [2.24, 2.45) is 0 Å². The first-order valence-electron chi connectivity index (χ1n) is 5.76. The van der Waals surface area contributed by atoms with Crippen LogP contribution in [0.15, 0.2) is 30.3 Å². The highest BCUT2D eigenvalue weighted by Crippen LogP contribution is 2.20. The molecule has 90 valence electrons. The van der Waals surface area contributed by atoms with E-state index in [0.29, 0.717) is 0 Å². The lowest BCUT2D eigenvalue weighted by Crippen LogP contribution is -2.11. The molecule has 0 aliphatic rings. The van der Waals surface area contributed by atoms with Crippen molar-refractivity contribution in [1.82, 2.24) is 5.32 Å². The van der Waals surface area contributed by atoms with Gasteiger partial charge in [0.1, 0.15) is 0 Å². The molecular weight excluding hydrogens is 228 g/mol. The Balaban J connectivity index is 1.87. The lowest BCUT2D eigenvalue weighted by atomic mass is 10.2. The van der Waals surface area contributed by atoms with Gasteiger partial charge in [0.15, 0.2) is 0 Å². The first kappa shape index (κ1) is 12.1. The first-order valence-corrected chi connectivity index (χ1v) is 6.58. The predicted molar refractivity (Wildman–Crippen MR) is 75.2 cm³/mol. The van der Waals surface area contributed by atoms with Gasteiger partial charge in [-0.2, -0.15) is 0 Å². The minimum absolute atomic E-state index is 0.826. The fourth-order valence-electron chi connectivity index (χ4n) is 1.77. The van der Waals surface area contributed by atoms with Gasteiger partial charge in [-0.15, -0.1) is 11.3 Å². The summed E-state index contributed by atoms with van der Waals surface area (Å²) in [5.74, 6) is 0. The van der Waals surface area contributed by atoms with Gasteiger partial charge in [-0.1, -0.05) is 12.1 Å². The number of thiophene rings is 1. The Hall–Kier alpha value is -1.32. The zero-order valence-corrected chi connectivity index (χ0v) is 11.1. The molecule has 1 aromatic heterocycles. The third kappa shape index (κ3) is 3.32. The van der Waals surface area contributed by atoms with Gasteiger partial charge < -0.3 is 11.1 Å². The Kier molecular flexibility index (Phi) is 3.82. The molecule has 0 amide bonds. The van der Waals surface area contributed by atoms with E-state index in [4.69, 9.17) is 5.73 Å². The highest BCUT2D eigenvalue weighted by atomic mass is 32.1. The quantitative estimate of drug-likeness (QED) is 0.813. The Morgan fingerprint density at radius 2 is 2.00 bits per heavy atom. The zero-order valence-electron chi connectivity index (χ0n) is 10.3. The van der Waals surface area contributed by atoms with Gasteiger partial charge in [0.05, 0.1) is 0 Å². The van der Waals surface area contributed by atoms with E-state index in [1.54, 1.807) is 0 Å². The van der Waals surface area contributed by atoms with Crippen molar-refractivity contribution in [3.63, 3.8) is 0 Å². The first-order chi connectivity index (χ1) is 8.15. The second-order valence-corrected chi connectivity index (χ2v) is 5.64. The van der Waals surface area contributed by atoms with Gasteiger partial charge in [-0.3, -0.25) is 0 Å². The van der Waals surface area contributed by atoms with Crippen LogP contribution in [0.2, 0.25) is 0 Å². The molecule has 0 spiro atoms. The van der Waals surface area contributed by atoms with Crippen LogP contribution in [0.5, 0.6) is 0 Å². The second kappa shape index (κ2) is 5.34. The van der Waals surface area contributed by atoms with Crippen LogP contribution in [-0.2, 0) is 13.1 Å². The summed E-state index contributed by atoms with van der Waals surface area (Å²) in [7, 11) is 0. The number of hydrogen-bond acceptors (Lipinski definition) is 3. The normalized spacial score (nSPS) is 10.7.